The molecule has 4 nitrogen and oxygen atoms in total. The molecule has 4 heteroatoms. The molecule has 3 N–H and O–H groups in total. The monoisotopic (exact) mass is 488 g/mol. The minimum Gasteiger partial charge on any atom is -0.389 e. The third-order valence-electron chi connectivity index (χ3n) is 8.01. The molecule has 1 aromatic carbocycles. The van der Waals surface area contributed by atoms with E-state index in [1.807, 2.05) is 0 Å². The fourth-order valence-corrected chi connectivity index (χ4v) is 5.53. The van der Waals surface area contributed by atoms with Gasteiger partial charge in [0.05, 0.1) is 12.7 Å². The highest BCUT2D eigenvalue weighted by Crippen LogP contribution is 2.34. The Labute approximate surface area is 217 Å². The zero-order valence-electron chi connectivity index (χ0n) is 22.9. The maximum Gasteiger partial charge on any atom is 0.0900 e. The van der Waals surface area contributed by atoms with Gasteiger partial charge >= 0.3 is 0 Å². The van der Waals surface area contributed by atoms with E-state index in [-0.39, 0.29) is 5.41 Å². The van der Waals surface area contributed by atoms with Crippen LogP contribution in [0.1, 0.15) is 115 Å². The molecule has 202 valence electrons. The van der Waals surface area contributed by atoms with Crippen LogP contribution in [-0.2, 0) is 10.2 Å². The van der Waals surface area contributed by atoms with Gasteiger partial charge in [-0.25, -0.2) is 0 Å². The van der Waals surface area contributed by atoms with Gasteiger partial charge in [-0.1, -0.05) is 121 Å². The Bertz CT molecular complexity index is 601. The number of β-amino-alcohol motifs (C(OH)–C–C–N with tert-alkyl or cyclic N) is 1. The number of aliphatic hydroxyl groups excluding tert-OH is 1. The zero-order chi connectivity index (χ0) is 25.0. The Kier molecular flexibility index (Phi) is 16.6. The van der Waals surface area contributed by atoms with Gasteiger partial charge in [-0.15, -0.1) is 0 Å². The second-order valence-electron chi connectivity index (χ2n) is 11.0. The Morgan fingerprint density at radius 3 is 1.86 bits per heavy atom. The number of benzene rings is 1. The van der Waals surface area contributed by atoms with Crippen LogP contribution in [0.3, 0.4) is 0 Å². The minimum absolute atomic E-state index is 0.0904. The number of nitrogens with zero attached hydrogens (tertiary/aromatic N) is 1. The van der Waals surface area contributed by atoms with E-state index in [4.69, 9.17) is 10.5 Å². The van der Waals surface area contributed by atoms with Crippen molar-refractivity contribution in [2.45, 2.75) is 121 Å². The predicted octanol–water partition coefficient (Wildman–Crippen LogP) is 6.84. The topological polar surface area (TPSA) is 58.7 Å². The van der Waals surface area contributed by atoms with E-state index in [2.05, 4.69) is 42.2 Å². The van der Waals surface area contributed by atoms with Crippen molar-refractivity contribution in [3.63, 3.8) is 0 Å². The third kappa shape index (κ3) is 12.7. The van der Waals surface area contributed by atoms with Crippen molar-refractivity contribution >= 4 is 0 Å². The van der Waals surface area contributed by atoms with Crippen molar-refractivity contribution < 1.29 is 9.84 Å². The van der Waals surface area contributed by atoms with Crippen LogP contribution < -0.4 is 5.73 Å². The summed E-state index contributed by atoms with van der Waals surface area (Å²) in [6.45, 7) is 6.89. The molecular weight excluding hydrogens is 432 g/mol. The lowest BCUT2D eigenvalue weighted by atomic mass is 9.73. The van der Waals surface area contributed by atoms with Gasteiger partial charge in [-0.3, -0.25) is 0 Å². The summed E-state index contributed by atoms with van der Waals surface area (Å²) in [6, 6.07) is 10.7. The molecule has 0 aliphatic carbocycles. The van der Waals surface area contributed by atoms with E-state index < -0.39 is 6.10 Å². The van der Waals surface area contributed by atoms with Gasteiger partial charge < -0.3 is 20.5 Å². The molecule has 0 amide bonds. The van der Waals surface area contributed by atoms with E-state index in [0.717, 1.165) is 39.0 Å². The van der Waals surface area contributed by atoms with Crippen molar-refractivity contribution in [1.82, 2.24) is 4.90 Å². The first-order valence-electron chi connectivity index (χ1n) is 14.9. The van der Waals surface area contributed by atoms with E-state index >= 15 is 0 Å². The number of piperidine rings is 1. The average molecular weight is 489 g/mol. The van der Waals surface area contributed by atoms with Gasteiger partial charge in [-0.05, 0) is 37.9 Å². The molecule has 2 rings (SSSR count). The Hall–Kier alpha value is -0.940. The van der Waals surface area contributed by atoms with Crippen LogP contribution in [0.25, 0.3) is 0 Å². The summed E-state index contributed by atoms with van der Waals surface area (Å²) in [5.41, 5.74) is 7.65. The smallest absolute Gasteiger partial charge is 0.0900 e. The maximum absolute atomic E-state index is 10.4. The minimum atomic E-state index is -0.399. The lowest BCUT2D eigenvalue weighted by molar-refractivity contribution is 0.00805. The number of unbranched alkanes of at least 4 members (excludes halogenated alkanes) is 13. The first kappa shape index (κ1) is 30.3. The summed E-state index contributed by atoms with van der Waals surface area (Å²) in [5, 5.41) is 10.4. The molecule has 1 heterocycles. The first-order chi connectivity index (χ1) is 17.2. The SMILES string of the molecule is CCCCCCCCCCCCCCCCOCC(O)CN1CCC(CN)(c2ccccc2)CC1. The van der Waals surface area contributed by atoms with Crippen LogP contribution in [0.4, 0.5) is 0 Å². The van der Waals surface area contributed by atoms with Crippen LogP contribution in [0.2, 0.25) is 0 Å². The predicted molar refractivity (Wildman–Crippen MR) is 150 cm³/mol. The number of hydrogen-bond donors (Lipinski definition) is 2. The van der Waals surface area contributed by atoms with Crippen molar-refractivity contribution in [3.05, 3.63) is 35.9 Å². The van der Waals surface area contributed by atoms with Crippen molar-refractivity contribution in [3.8, 4) is 0 Å². The largest absolute Gasteiger partial charge is 0.389 e. The highest BCUT2D eigenvalue weighted by atomic mass is 16.5. The van der Waals surface area contributed by atoms with Gasteiger partial charge in [0.15, 0.2) is 0 Å². The van der Waals surface area contributed by atoms with Crippen molar-refractivity contribution in [1.29, 1.82) is 0 Å². The molecule has 0 bridgehead atoms. The molecule has 0 radical (unpaired) electrons. The normalized spacial score (nSPS) is 17.0. The summed E-state index contributed by atoms with van der Waals surface area (Å²) in [4.78, 5) is 2.37. The van der Waals surface area contributed by atoms with Crippen molar-refractivity contribution in [2.24, 2.45) is 5.73 Å². The van der Waals surface area contributed by atoms with Crippen LogP contribution in [0.15, 0.2) is 30.3 Å². The Morgan fingerprint density at radius 2 is 1.34 bits per heavy atom. The standard InChI is InChI=1S/C31H56N2O2/c1-2-3-4-5-6-7-8-9-10-11-12-13-14-18-25-35-27-30(34)26-33-23-21-31(28-32,22-24-33)29-19-16-15-17-20-29/h15-17,19-20,30,34H,2-14,18,21-28,32H2,1H3. The molecule has 0 saturated carbocycles. The number of hydrogen-bond acceptors (Lipinski definition) is 4. The first-order valence-corrected chi connectivity index (χ1v) is 14.9. The lowest BCUT2D eigenvalue weighted by Gasteiger charge is -2.42. The zero-order valence-corrected chi connectivity index (χ0v) is 22.9. The summed E-state index contributed by atoms with van der Waals surface area (Å²) in [7, 11) is 0. The molecule has 0 aromatic heterocycles. The number of ether oxygens (including phenoxy) is 1. The highest BCUT2D eigenvalue weighted by Gasteiger charge is 2.35. The number of nitrogens with two attached hydrogens (primary N) is 1. The molecular formula is C31H56N2O2. The number of aliphatic hydroxyl groups is 1. The Balaban J connectivity index is 1.39. The quantitative estimate of drug-likeness (QED) is 0.186. The molecule has 1 aromatic rings. The summed E-state index contributed by atoms with van der Waals surface area (Å²) in [6.07, 6.45) is 20.9. The molecule has 1 atom stereocenters. The summed E-state index contributed by atoms with van der Waals surface area (Å²) < 4.78 is 5.78. The second kappa shape index (κ2) is 19.2. The van der Waals surface area contributed by atoms with E-state index in [1.165, 1.54) is 89.0 Å². The summed E-state index contributed by atoms with van der Waals surface area (Å²) >= 11 is 0. The fourth-order valence-electron chi connectivity index (χ4n) is 5.53. The molecule has 1 unspecified atom stereocenters. The average Bonchev–Trinajstić information content (AvgIpc) is 2.89. The summed E-state index contributed by atoms with van der Waals surface area (Å²) in [5.74, 6) is 0. The van der Waals surface area contributed by atoms with E-state index in [1.54, 1.807) is 0 Å². The molecule has 1 aliphatic rings. The lowest BCUT2D eigenvalue weighted by Crippen LogP contribution is -2.48. The highest BCUT2D eigenvalue weighted by molar-refractivity contribution is 5.26. The molecule has 1 saturated heterocycles. The van der Waals surface area contributed by atoms with Crippen LogP contribution in [-0.4, -0.2) is 55.5 Å². The molecule has 1 fully saturated rings. The van der Waals surface area contributed by atoms with E-state index in [9.17, 15) is 5.11 Å². The van der Waals surface area contributed by atoms with Gasteiger partial charge in [-0.2, -0.15) is 0 Å². The maximum atomic E-state index is 10.4. The van der Waals surface area contributed by atoms with Crippen molar-refractivity contribution in [2.75, 3.05) is 39.4 Å². The van der Waals surface area contributed by atoms with E-state index in [0.29, 0.717) is 19.7 Å². The third-order valence-corrected chi connectivity index (χ3v) is 8.01. The fraction of sp³-hybridized carbons (Fsp3) is 0.806. The Morgan fingerprint density at radius 1 is 0.829 bits per heavy atom. The van der Waals surface area contributed by atoms with Gasteiger partial charge in [0.1, 0.15) is 0 Å². The number of rotatable bonds is 21. The number of likely N-dealkylation sites (tertiary alicyclic amines) is 1. The molecule has 1 aliphatic heterocycles. The van der Waals surface area contributed by atoms with Gasteiger partial charge in [0, 0.05) is 25.1 Å². The van der Waals surface area contributed by atoms with Gasteiger partial charge in [0.2, 0.25) is 0 Å². The van der Waals surface area contributed by atoms with Crippen LogP contribution >= 0.6 is 0 Å². The molecule has 35 heavy (non-hydrogen) atoms. The molecule has 0 spiro atoms. The van der Waals surface area contributed by atoms with Gasteiger partial charge in [0.25, 0.3) is 0 Å². The second-order valence-corrected chi connectivity index (χ2v) is 11.0. The van der Waals surface area contributed by atoms with Crippen LogP contribution in [0.5, 0.6) is 0 Å². The van der Waals surface area contributed by atoms with Crippen LogP contribution in [0, 0.1) is 0 Å².